The lowest BCUT2D eigenvalue weighted by Gasteiger charge is -2.27. The molecule has 0 radical (unpaired) electrons. The van der Waals surface area contributed by atoms with Crippen LogP contribution in [0.15, 0.2) is 297 Å². The number of anilines is 5. The number of fused-ring (bicyclic) bond motifs is 3. The molecule has 0 amide bonds. The first-order chi connectivity index (χ1) is 33.8. The van der Waals surface area contributed by atoms with Crippen LogP contribution < -0.4 is 10.2 Å². The van der Waals surface area contributed by atoms with Crippen molar-refractivity contribution in [1.29, 1.82) is 0 Å². The number of nitrogens with one attached hydrogen (secondary N) is 1. The predicted molar refractivity (Wildman–Crippen MR) is 293 cm³/mol. The topological polar surface area (TPSA) is 15.3 Å². The Hall–Kier alpha value is -8.98. The first-order valence-corrected chi connectivity index (χ1v) is 23.2. The van der Waals surface area contributed by atoms with Crippen LogP contribution in [0.1, 0.15) is 0 Å². The summed E-state index contributed by atoms with van der Waals surface area (Å²) in [7, 11) is 0. The van der Waals surface area contributed by atoms with Crippen molar-refractivity contribution in [2.45, 2.75) is 0 Å². The van der Waals surface area contributed by atoms with Crippen LogP contribution in [0.3, 0.4) is 0 Å². The van der Waals surface area contributed by atoms with Crippen LogP contribution in [-0.4, -0.2) is 0 Å². The largest absolute Gasteiger partial charge is 0.356 e. The monoisotopic (exact) mass is 870 g/mol. The van der Waals surface area contributed by atoms with E-state index in [1.165, 1.54) is 65.7 Å². The minimum absolute atomic E-state index is 1.05. The lowest BCUT2D eigenvalue weighted by molar-refractivity contribution is 1.29. The molecule has 0 aliphatic heterocycles. The molecule has 324 valence electrons. The molecule has 2 nitrogen and oxygen atoms in total. The van der Waals surface area contributed by atoms with E-state index in [0.717, 1.165) is 28.4 Å². The number of nitrogens with zero attached hydrogens (tertiary/aromatic N) is 1. The van der Waals surface area contributed by atoms with Crippen molar-refractivity contribution in [3.8, 4) is 33.4 Å². The van der Waals surface area contributed by atoms with Gasteiger partial charge in [0.25, 0.3) is 0 Å². The molecule has 1 N–H and O–H groups in total. The molecule has 0 aliphatic carbocycles. The van der Waals surface area contributed by atoms with Gasteiger partial charge >= 0.3 is 0 Å². The summed E-state index contributed by atoms with van der Waals surface area (Å²) in [6.07, 6.45) is 0. The van der Waals surface area contributed by atoms with Gasteiger partial charge in [0.2, 0.25) is 0 Å². The van der Waals surface area contributed by atoms with E-state index in [9.17, 15) is 0 Å². The molecule has 0 unspecified atom stereocenters. The molecule has 0 spiro atoms. The summed E-state index contributed by atoms with van der Waals surface area (Å²) in [6, 6.07) is 105. The van der Waals surface area contributed by atoms with Gasteiger partial charge in [-0.15, -0.1) is 0 Å². The first kappa shape index (κ1) is 42.9. The van der Waals surface area contributed by atoms with E-state index in [2.05, 4.69) is 235 Å². The van der Waals surface area contributed by atoms with Gasteiger partial charge in [0.15, 0.2) is 0 Å². The van der Waals surface area contributed by atoms with Crippen LogP contribution in [0.4, 0.5) is 28.4 Å². The fourth-order valence-corrected chi connectivity index (χ4v) is 9.00. The number of para-hydroxylation sites is 2. The summed E-state index contributed by atoms with van der Waals surface area (Å²) < 4.78 is 0. The van der Waals surface area contributed by atoms with Crippen molar-refractivity contribution < 1.29 is 0 Å². The van der Waals surface area contributed by atoms with Gasteiger partial charge in [0, 0.05) is 28.4 Å². The van der Waals surface area contributed by atoms with Crippen LogP contribution in [0, 0.1) is 0 Å². The molecule has 0 aliphatic rings. The zero-order valence-corrected chi connectivity index (χ0v) is 37.7. The highest BCUT2D eigenvalue weighted by molar-refractivity contribution is 6.24. The Bertz CT molecular complexity index is 3400. The molecule has 0 saturated heterocycles. The van der Waals surface area contributed by atoms with Crippen molar-refractivity contribution in [3.63, 3.8) is 0 Å². The van der Waals surface area contributed by atoms with Crippen LogP contribution in [0.5, 0.6) is 0 Å². The third-order valence-electron chi connectivity index (χ3n) is 12.1. The lowest BCUT2D eigenvalue weighted by atomic mass is 9.84. The maximum absolute atomic E-state index is 3.68. The third kappa shape index (κ3) is 9.67. The van der Waals surface area contributed by atoms with Gasteiger partial charge in [-0.2, -0.15) is 0 Å². The van der Waals surface area contributed by atoms with Crippen molar-refractivity contribution >= 4 is 60.8 Å². The highest BCUT2D eigenvalue weighted by Crippen LogP contribution is 2.48. The standard InChI is InChI=1S/C54H38N2.2C6H6/c1-5-16-38(17-6-1)39-28-31-45(32-29-39)56(44-24-11-4-12-25-44)46-33-35-49-52(37-46)54(48-27-15-21-40-18-13-14-26-47(40)48)50-34-30-43(55-42-22-9-3-10-23-42)36-51(50)53(49)41-19-7-2-8-20-41;2*1-2-4-6-5-3-1/h1-37,55H;2*1-6H. The Morgan fingerprint density at radius 1 is 0.235 bits per heavy atom. The lowest BCUT2D eigenvalue weighted by Crippen LogP contribution is -2.10. The highest BCUT2D eigenvalue weighted by atomic mass is 15.1. The van der Waals surface area contributed by atoms with Gasteiger partial charge in [-0.25, -0.2) is 0 Å². The number of rotatable bonds is 8. The smallest absolute Gasteiger partial charge is 0.0468 e. The SMILES string of the molecule is c1ccc(Nc2ccc3c(-c4cccc5ccccc45)c4cc(N(c5ccccc5)c5ccc(-c6ccccc6)cc5)ccc4c(-c4ccccc4)c3c2)cc1.c1ccccc1.c1ccccc1. The van der Waals surface area contributed by atoms with E-state index >= 15 is 0 Å². The van der Waals surface area contributed by atoms with Crippen LogP contribution in [0.2, 0.25) is 0 Å². The average molecular weight is 871 g/mol. The minimum atomic E-state index is 1.05. The minimum Gasteiger partial charge on any atom is -0.356 e. The molecular formula is C66H50N2. The Labute approximate surface area is 399 Å². The molecule has 0 heterocycles. The zero-order chi connectivity index (χ0) is 45.7. The second-order valence-electron chi connectivity index (χ2n) is 16.5. The molecule has 68 heavy (non-hydrogen) atoms. The summed E-state index contributed by atoms with van der Waals surface area (Å²) >= 11 is 0. The van der Waals surface area contributed by atoms with Gasteiger partial charge in [-0.1, -0.05) is 237 Å². The molecule has 0 aromatic heterocycles. The summed E-state index contributed by atoms with van der Waals surface area (Å²) in [6.45, 7) is 0. The fourth-order valence-electron chi connectivity index (χ4n) is 9.00. The number of hydrogen-bond acceptors (Lipinski definition) is 2. The van der Waals surface area contributed by atoms with Crippen molar-refractivity contribution in [2.24, 2.45) is 0 Å². The third-order valence-corrected chi connectivity index (χ3v) is 12.1. The van der Waals surface area contributed by atoms with Gasteiger partial charge in [0.05, 0.1) is 0 Å². The molecule has 12 aromatic carbocycles. The van der Waals surface area contributed by atoms with Crippen LogP contribution >= 0.6 is 0 Å². The molecule has 12 aromatic rings. The zero-order valence-electron chi connectivity index (χ0n) is 37.7. The van der Waals surface area contributed by atoms with Gasteiger partial charge < -0.3 is 10.2 Å². The molecule has 12 rings (SSSR count). The molecule has 0 atom stereocenters. The second-order valence-corrected chi connectivity index (χ2v) is 16.5. The molecule has 0 fully saturated rings. The van der Waals surface area contributed by atoms with Crippen molar-refractivity contribution in [1.82, 2.24) is 0 Å². The van der Waals surface area contributed by atoms with Crippen LogP contribution in [-0.2, 0) is 0 Å². The van der Waals surface area contributed by atoms with Crippen LogP contribution in [0.25, 0.3) is 65.7 Å². The van der Waals surface area contributed by atoms with Gasteiger partial charge in [0.1, 0.15) is 0 Å². The number of benzene rings is 12. The van der Waals surface area contributed by atoms with E-state index in [4.69, 9.17) is 0 Å². The summed E-state index contributed by atoms with van der Waals surface area (Å²) in [5, 5.41) is 11.0. The van der Waals surface area contributed by atoms with E-state index in [1.807, 2.05) is 72.8 Å². The van der Waals surface area contributed by atoms with Crippen molar-refractivity contribution in [2.75, 3.05) is 10.2 Å². The van der Waals surface area contributed by atoms with E-state index in [-0.39, 0.29) is 0 Å². The second kappa shape index (κ2) is 20.9. The number of hydrogen-bond donors (Lipinski definition) is 1. The van der Waals surface area contributed by atoms with E-state index < -0.39 is 0 Å². The van der Waals surface area contributed by atoms with Gasteiger partial charge in [-0.05, 0) is 126 Å². The quantitative estimate of drug-likeness (QED) is 0.153. The maximum atomic E-state index is 3.68. The Balaban J connectivity index is 0.000000393. The maximum Gasteiger partial charge on any atom is 0.0468 e. The normalized spacial score (nSPS) is 10.6. The Morgan fingerprint density at radius 2 is 0.676 bits per heavy atom. The van der Waals surface area contributed by atoms with E-state index in [1.54, 1.807) is 0 Å². The van der Waals surface area contributed by atoms with E-state index in [0.29, 0.717) is 0 Å². The fraction of sp³-hybridized carbons (Fsp3) is 0. The molecule has 0 bridgehead atoms. The molecular weight excluding hydrogens is 821 g/mol. The first-order valence-electron chi connectivity index (χ1n) is 23.2. The summed E-state index contributed by atoms with van der Waals surface area (Å²) in [5.74, 6) is 0. The molecule has 0 saturated carbocycles. The Kier molecular flexibility index (Phi) is 13.2. The van der Waals surface area contributed by atoms with Gasteiger partial charge in [-0.3, -0.25) is 0 Å². The van der Waals surface area contributed by atoms with Crippen molar-refractivity contribution in [3.05, 3.63) is 297 Å². The average Bonchev–Trinajstić information content (AvgIpc) is 3.43. The Morgan fingerprint density at radius 3 is 1.31 bits per heavy atom. The predicted octanol–water partition coefficient (Wildman–Crippen LogP) is 18.7. The summed E-state index contributed by atoms with van der Waals surface area (Å²) in [5.41, 5.74) is 12.7. The molecule has 2 heteroatoms. The summed E-state index contributed by atoms with van der Waals surface area (Å²) in [4.78, 5) is 2.38. The highest BCUT2D eigenvalue weighted by Gasteiger charge is 2.21.